The average molecular weight is 227 g/mol. The highest BCUT2D eigenvalue weighted by atomic mass is 32.2. The number of thioether (sulfide) groups is 1. The molecule has 1 aromatic heterocycles. The molecule has 0 aromatic carbocycles. The van der Waals surface area contributed by atoms with Crippen LogP contribution in [-0.4, -0.2) is 21.4 Å². The average Bonchev–Trinajstić information content (AvgIpc) is 2.92. The zero-order chi connectivity index (χ0) is 10.7. The Morgan fingerprint density at radius 2 is 2.33 bits per heavy atom. The number of rotatable bonds is 6. The summed E-state index contributed by atoms with van der Waals surface area (Å²) >= 11 is 1.83. The minimum absolute atomic E-state index is 0.608. The van der Waals surface area contributed by atoms with Gasteiger partial charge in [-0.15, -0.1) is 0 Å². The van der Waals surface area contributed by atoms with Crippen molar-refractivity contribution in [1.29, 1.82) is 0 Å². The van der Waals surface area contributed by atoms with Gasteiger partial charge in [-0.05, 0) is 18.1 Å². The third-order valence-electron chi connectivity index (χ3n) is 2.18. The highest BCUT2D eigenvalue weighted by Gasteiger charge is 2.21. The van der Waals surface area contributed by atoms with Crippen LogP contribution < -0.4 is 5.32 Å². The fourth-order valence-corrected chi connectivity index (χ4v) is 1.78. The van der Waals surface area contributed by atoms with Crippen LogP contribution in [0.5, 0.6) is 0 Å². The molecule has 1 aliphatic rings. The van der Waals surface area contributed by atoms with E-state index in [9.17, 15) is 0 Å². The summed E-state index contributed by atoms with van der Waals surface area (Å²) in [5, 5.41) is 7.90. The van der Waals surface area contributed by atoms with Gasteiger partial charge in [0.25, 0.3) is 0 Å². The molecule has 15 heavy (non-hydrogen) atoms. The predicted molar refractivity (Wildman–Crippen MR) is 60.6 cm³/mol. The van der Waals surface area contributed by atoms with Crippen LogP contribution in [0.2, 0.25) is 0 Å². The topological polar surface area (TPSA) is 51.0 Å². The van der Waals surface area contributed by atoms with Gasteiger partial charge in [0.15, 0.2) is 5.82 Å². The largest absolute Gasteiger partial charge is 0.338 e. The van der Waals surface area contributed by atoms with Crippen LogP contribution in [-0.2, 0) is 12.3 Å². The molecule has 1 saturated carbocycles. The van der Waals surface area contributed by atoms with E-state index in [1.54, 1.807) is 0 Å². The van der Waals surface area contributed by atoms with E-state index < -0.39 is 0 Å². The van der Waals surface area contributed by atoms with Crippen molar-refractivity contribution in [3.63, 3.8) is 0 Å². The van der Waals surface area contributed by atoms with E-state index in [4.69, 9.17) is 4.52 Å². The van der Waals surface area contributed by atoms with Gasteiger partial charge >= 0.3 is 0 Å². The third-order valence-corrected chi connectivity index (χ3v) is 3.27. The second-order valence-corrected chi connectivity index (χ2v) is 5.68. The minimum Gasteiger partial charge on any atom is -0.338 e. The third kappa shape index (κ3) is 3.83. The Morgan fingerprint density at radius 1 is 1.53 bits per heavy atom. The lowest BCUT2D eigenvalue weighted by Gasteiger charge is -1.99. The summed E-state index contributed by atoms with van der Waals surface area (Å²) in [5.41, 5.74) is 0. The minimum atomic E-state index is 0.608. The number of hydrogen-bond acceptors (Lipinski definition) is 5. The van der Waals surface area contributed by atoms with Crippen molar-refractivity contribution in [3.8, 4) is 0 Å². The first-order chi connectivity index (χ1) is 7.24. The van der Waals surface area contributed by atoms with Gasteiger partial charge in [-0.1, -0.05) is 19.0 Å². The van der Waals surface area contributed by atoms with E-state index in [1.165, 1.54) is 12.8 Å². The van der Waals surface area contributed by atoms with Gasteiger partial charge in [0.1, 0.15) is 0 Å². The molecule has 0 atom stereocenters. The Kier molecular flexibility index (Phi) is 3.64. The maximum atomic E-state index is 5.14. The first kappa shape index (κ1) is 11.0. The molecule has 0 bridgehead atoms. The maximum absolute atomic E-state index is 5.14. The van der Waals surface area contributed by atoms with E-state index in [0.717, 1.165) is 11.6 Å². The molecule has 0 unspecified atom stereocenters. The van der Waals surface area contributed by atoms with Crippen molar-refractivity contribution in [3.05, 3.63) is 11.7 Å². The standard InChI is InChI=1S/C10H17N3OS/c1-7(2)15-6-9-12-10(14-13-9)5-11-8-3-4-8/h7-8,11H,3-6H2,1-2H3. The number of hydrogen-bond donors (Lipinski definition) is 1. The molecular weight excluding hydrogens is 210 g/mol. The Balaban J connectivity index is 1.75. The van der Waals surface area contributed by atoms with Crippen LogP contribution in [0.1, 0.15) is 38.4 Å². The van der Waals surface area contributed by atoms with Gasteiger partial charge in [0.05, 0.1) is 12.3 Å². The number of nitrogens with zero attached hydrogens (tertiary/aromatic N) is 2. The molecule has 1 aliphatic carbocycles. The van der Waals surface area contributed by atoms with Crippen molar-refractivity contribution < 1.29 is 4.52 Å². The van der Waals surface area contributed by atoms with E-state index in [0.29, 0.717) is 23.7 Å². The fourth-order valence-electron chi connectivity index (χ4n) is 1.18. The smallest absolute Gasteiger partial charge is 0.240 e. The highest BCUT2D eigenvalue weighted by molar-refractivity contribution is 7.99. The van der Waals surface area contributed by atoms with Crippen molar-refractivity contribution >= 4 is 11.8 Å². The van der Waals surface area contributed by atoms with Crippen molar-refractivity contribution in [1.82, 2.24) is 15.5 Å². The Hall–Kier alpha value is -0.550. The molecule has 1 aromatic rings. The van der Waals surface area contributed by atoms with E-state index >= 15 is 0 Å². The van der Waals surface area contributed by atoms with Crippen molar-refractivity contribution in [2.45, 2.75) is 50.3 Å². The molecule has 0 radical (unpaired) electrons. The normalized spacial score (nSPS) is 16.2. The molecule has 1 heterocycles. The molecular formula is C10H17N3OS. The van der Waals surface area contributed by atoms with Crippen LogP contribution in [0, 0.1) is 0 Å². The molecule has 4 nitrogen and oxygen atoms in total. The molecule has 0 aliphatic heterocycles. The van der Waals surface area contributed by atoms with E-state index in [-0.39, 0.29) is 0 Å². The number of nitrogens with one attached hydrogen (secondary N) is 1. The van der Waals surface area contributed by atoms with Crippen LogP contribution in [0.4, 0.5) is 0 Å². The van der Waals surface area contributed by atoms with Gasteiger partial charge in [-0.25, -0.2) is 0 Å². The van der Waals surface area contributed by atoms with Crippen LogP contribution >= 0.6 is 11.8 Å². The van der Waals surface area contributed by atoms with Gasteiger partial charge in [-0.3, -0.25) is 0 Å². The summed E-state index contributed by atoms with van der Waals surface area (Å²) in [4.78, 5) is 4.32. The second kappa shape index (κ2) is 4.99. The lowest BCUT2D eigenvalue weighted by molar-refractivity contribution is 0.363. The molecule has 84 valence electrons. The Morgan fingerprint density at radius 3 is 3.00 bits per heavy atom. The summed E-state index contributed by atoms with van der Waals surface area (Å²) in [6.07, 6.45) is 2.56. The molecule has 1 N–H and O–H groups in total. The van der Waals surface area contributed by atoms with Crippen molar-refractivity contribution in [2.24, 2.45) is 0 Å². The zero-order valence-corrected chi connectivity index (χ0v) is 10.0. The Bertz CT molecular complexity index is 289. The molecule has 1 fully saturated rings. The monoisotopic (exact) mass is 227 g/mol. The molecule has 2 rings (SSSR count). The SMILES string of the molecule is CC(C)SCc1noc(CNC2CC2)n1. The van der Waals surface area contributed by atoms with E-state index in [2.05, 4.69) is 29.3 Å². The fraction of sp³-hybridized carbons (Fsp3) is 0.800. The molecule has 5 heteroatoms. The summed E-state index contributed by atoms with van der Waals surface area (Å²) in [6.45, 7) is 5.05. The second-order valence-electron chi connectivity index (χ2n) is 4.12. The summed E-state index contributed by atoms with van der Waals surface area (Å²) in [5.74, 6) is 2.35. The Labute approximate surface area is 94.2 Å². The van der Waals surface area contributed by atoms with Crippen LogP contribution in [0.3, 0.4) is 0 Å². The summed E-state index contributed by atoms with van der Waals surface area (Å²) < 4.78 is 5.14. The van der Waals surface area contributed by atoms with Gasteiger partial charge in [-0.2, -0.15) is 16.7 Å². The number of aromatic nitrogens is 2. The van der Waals surface area contributed by atoms with Crippen LogP contribution in [0.15, 0.2) is 4.52 Å². The highest BCUT2D eigenvalue weighted by Crippen LogP contribution is 2.19. The summed E-state index contributed by atoms with van der Waals surface area (Å²) in [6, 6.07) is 0.686. The molecule has 0 spiro atoms. The molecule has 0 saturated heterocycles. The van der Waals surface area contributed by atoms with Crippen molar-refractivity contribution in [2.75, 3.05) is 0 Å². The first-order valence-corrected chi connectivity index (χ1v) is 6.45. The lowest BCUT2D eigenvalue weighted by atomic mass is 10.6. The van der Waals surface area contributed by atoms with Crippen LogP contribution in [0.25, 0.3) is 0 Å². The lowest BCUT2D eigenvalue weighted by Crippen LogP contribution is -2.15. The van der Waals surface area contributed by atoms with E-state index in [1.807, 2.05) is 11.8 Å². The maximum Gasteiger partial charge on any atom is 0.240 e. The van der Waals surface area contributed by atoms with Gasteiger partial charge in [0, 0.05) is 6.04 Å². The first-order valence-electron chi connectivity index (χ1n) is 5.40. The van der Waals surface area contributed by atoms with Gasteiger partial charge < -0.3 is 9.84 Å². The summed E-state index contributed by atoms with van der Waals surface area (Å²) in [7, 11) is 0. The quantitative estimate of drug-likeness (QED) is 0.805. The molecule has 0 amide bonds. The zero-order valence-electron chi connectivity index (χ0n) is 9.19. The van der Waals surface area contributed by atoms with Gasteiger partial charge in [0.2, 0.25) is 5.89 Å². The predicted octanol–water partition coefficient (Wildman–Crippen LogP) is 1.96.